The van der Waals surface area contributed by atoms with Gasteiger partial charge in [0, 0.05) is 46.0 Å². The number of piperidine rings is 1. The molecule has 1 saturated heterocycles. The van der Waals surface area contributed by atoms with Crippen LogP contribution in [0, 0.1) is 5.92 Å². The fourth-order valence-electron chi connectivity index (χ4n) is 4.23. The van der Waals surface area contributed by atoms with Crippen LogP contribution >= 0.6 is 0 Å². The van der Waals surface area contributed by atoms with Crippen molar-refractivity contribution in [3.05, 3.63) is 12.3 Å². The zero-order valence-electron chi connectivity index (χ0n) is 17.9. The Morgan fingerprint density at radius 3 is 2.23 bits per heavy atom. The number of nitrogens with zero attached hydrogens (tertiary/aromatic N) is 3. The van der Waals surface area contributed by atoms with Crippen LogP contribution in [0.3, 0.4) is 0 Å². The molecule has 2 fully saturated rings. The summed E-state index contributed by atoms with van der Waals surface area (Å²) in [5.74, 6) is 1.71. The van der Waals surface area contributed by atoms with E-state index in [0.29, 0.717) is 0 Å². The number of rotatable bonds is 5. The molecule has 30 heavy (non-hydrogen) atoms. The maximum absolute atomic E-state index is 12.6. The fraction of sp³-hybridized carbons (Fsp3) is 0.700. The summed E-state index contributed by atoms with van der Waals surface area (Å²) >= 11 is 0. The predicted molar refractivity (Wildman–Crippen MR) is 113 cm³/mol. The number of likely N-dealkylation sites (tertiary alicyclic amines) is 1. The summed E-state index contributed by atoms with van der Waals surface area (Å²) < 4.78 is 1.76. The highest BCUT2D eigenvalue weighted by Gasteiger charge is 2.41. The number of nitrogens with one attached hydrogen (secondary N) is 2. The number of amides is 1. The van der Waals surface area contributed by atoms with E-state index in [0.717, 1.165) is 37.7 Å². The molecule has 1 amide bonds. The van der Waals surface area contributed by atoms with Crippen molar-refractivity contribution in [1.82, 2.24) is 20.0 Å². The predicted octanol–water partition coefficient (Wildman–Crippen LogP) is 1.39. The van der Waals surface area contributed by atoms with Crippen molar-refractivity contribution in [1.29, 1.82) is 0 Å². The van der Waals surface area contributed by atoms with E-state index in [-0.39, 0.29) is 18.9 Å². The number of likely N-dealkylation sites (N-methyl/N-ethyl adjacent to an activating group) is 1. The molecule has 1 saturated carbocycles. The summed E-state index contributed by atoms with van der Waals surface area (Å²) in [6.45, 7) is 2.65. The van der Waals surface area contributed by atoms with Crippen molar-refractivity contribution >= 4 is 24.7 Å². The van der Waals surface area contributed by atoms with Crippen molar-refractivity contribution in [3.8, 4) is 0 Å². The highest BCUT2D eigenvalue weighted by molar-refractivity contribution is 5.89. The minimum atomic E-state index is -0.536. The lowest BCUT2D eigenvalue weighted by Crippen LogP contribution is -2.58. The fourth-order valence-corrected chi connectivity index (χ4v) is 4.23. The van der Waals surface area contributed by atoms with Crippen molar-refractivity contribution in [3.63, 3.8) is 0 Å². The second kappa shape index (κ2) is 13.6. The monoisotopic (exact) mass is 425 g/mol. The van der Waals surface area contributed by atoms with Crippen LogP contribution in [0.25, 0.3) is 0 Å². The molecule has 1 aromatic rings. The third-order valence-corrected chi connectivity index (χ3v) is 5.69. The summed E-state index contributed by atoms with van der Waals surface area (Å²) in [5.41, 5.74) is -0.536. The number of carboxylic acid groups (broad SMARTS) is 2. The van der Waals surface area contributed by atoms with Gasteiger partial charge in [-0.15, -0.1) is 0 Å². The average Bonchev–Trinajstić information content (AvgIpc) is 3.15. The van der Waals surface area contributed by atoms with Crippen LogP contribution in [-0.2, 0) is 21.4 Å². The van der Waals surface area contributed by atoms with Gasteiger partial charge in [-0.3, -0.25) is 19.1 Å². The van der Waals surface area contributed by atoms with Crippen molar-refractivity contribution in [2.45, 2.75) is 50.5 Å². The Labute approximate surface area is 177 Å². The van der Waals surface area contributed by atoms with Gasteiger partial charge in [0.15, 0.2) is 0 Å². The summed E-state index contributed by atoms with van der Waals surface area (Å²) in [7, 11) is 3.61. The van der Waals surface area contributed by atoms with Gasteiger partial charge in [-0.05, 0) is 31.6 Å². The first-order valence-electron chi connectivity index (χ1n) is 10.3. The van der Waals surface area contributed by atoms with Crippen LogP contribution in [0.2, 0.25) is 0 Å². The first-order valence-corrected chi connectivity index (χ1v) is 10.3. The molecule has 1 aliphatic heterocycles. The van der Waals surface area contributed by atoms with Gasteiger partial charge in [-0.2, -0.15) is 5.10 Å². The molecule has 0 unspecified atom stereocenters. The van der Waals surface area contributed by atoms with Gasteiger partial charge in [-0.25, -0.2) is 0 Å². The van der Waals surface area contributed by atoms with E-state index in [1.807, 2.05) is 19.3 Å². The van der Waals surface area contributed by atoms with Crippen LogP contribution in [0.4, 0.5) is 5.82 Å². The van der Waals surface area contributed by atoms with Gasteiger partial charge in [0.05, 0.1) is 0 Å². The molecule has 1 aromatic heterocycles. The molecule has 0 aromatic carbocycles. The molecule has 0 bridgehead atoms. The van der Waals surface area contributed by atoms with E-state index in [4.69, 9.17) is 19.8 Å². The summed E-state index contributed by atoms with van der Waals surface area (Å²) in [5, 5.41) is 24.4. The third-order valence-electron chi connectivity index (χ3n) is 5.69. The maximum atomic E-state index is 12.6. The molecule has 0 atom stereocenters. The molecule has 170 valence electrons. The van der Waals surface area contributed by atoms with Crippen LogP contribution in [0.15, 0.2) is 12.3 Å². The Morgan fingerprint density at radius 1 is 1.20 bits per heavy atom. The lowest BCUT2D eigenvalue weighted by Gasteiger charge is -2.42. The van der Waals surface area contributed by atoms with Crippen molar-refractivity contribution < 1.29 is 24.6 Å². The minimum Gasteiger partial charge on any atom is -0.483 e. The molecular weight excluding hydrogens is 390 g/mol. The second-order valence-corrected chi connectivity index (χ2v) is 7.68. The molecule has 0 spiro atoms. The minimum absolute atomic E-state index is 0.0745. The number of anilines is 1. The third kappa shape index (κ3) is 8.02. The van der Waals surface area contributed by atoms with E-state index in [9.17, 15) is 4.79 Å². The molecular formula is C20H35N5O5. The Balaban J connectivity index is 0.000000672. The number of carbonyl (C=O) groups excluding carboxylic acids is 1. The molecule has 2 aliphatic rings. The molecule has 3 rings (SSSR count). The van der Waals surface area contributed by atoms with Crippen LogP contribution in [0.5, 0.6) is 0 Å². The first-order chi connectivity index (χ1) is 14.4. The lowest BCUT2D eigenvalue weighted by molar-refractivity contribution is -0.126. The smallest absolute Gasteiger partial charge is 0.290 e. The molecule has 0 radical (unpaired) electrons. The quantitative estimate of drug-likeness (QED) is 0.520. The van der Waals surface area contributed by atoms with Crippen LogP contribution in [0.1, 0.15) is 44.9 Å². The second-order valence-electron chi connectivity index (χ2n) is 7.68. The van der Waals surface area contributed by atoms with Gasteiger partial charge in [-0.1, -0.05) is 19.3 Å². The molecule has 1 aliphatic carbocycles. The van der Waals surface area contributed by atoms with Gasteiger partial charge in [0.25, 0.3) is 12.9 Å². The Kier molecular flexibility index (Phi) is 11.5. The van der Waals surface area contributed by atoms with E-state index in [1.54, 1.807) is 11.7 Å². The zero-order valence-corrected chi connectivity index (χ0v) is 17.9. The first kappa shape index (κ1) is 25.4. The average molecular weight is 426 g/mol. The van der Waals surface area contributed by atoms with E-state index in [2.05, 4.69) is 20.6 Å². The van der Waals surface area contributed by atoms with Crippen molar-refractivity contribution in [2.75, 3.05) is 32.0 Å². The van der Waals surface area contributed by atoms with Crippen LogP contribution < -0.4 is 10.6 Å². The Morgan fingerprint density at radius 2 is 1.77 bits per heavy atom. The number of aryl methyl sites for hydroxylation is 1. The molecule has 10 nitrogen and oxygen atoms in total. The topological polar surface area (TPSA) is 137 Å². The number of hydrogen-bond acceptors (Lipinski definition) is 6. The SMILES string of the molecule is CNC(=O)C1(Nc2ccn(C)n2)CCN(CC2CCCCC2)CC1.O=CO.O=CO. The highest BCUT2D eigenvalue weighted by Crippen LogP contribution is 2.30. The van der Waals surface area contributed by atoms with Gasteiger partial charge in [0.2, 0.25) is 5.91 Å². The summed E-state index contributed by atoms with van der Waals surface area (Å²) in [6.07, 6.45) is 10.5. The Hall–Kier alpha value is -2.62. The molecule has 10 heteroatoms. The van der Waals surface area contributed by atoms with Gasteiger partial charge < -0.3 is 25.7 Å². The number of carbonyl (C=O) groups is 3. The van der Waals surface area contributed by atoms with E-state index >= 15 is 0 Å². The maximum Gasteiger partial charge on any atom is 0.290 e. The van der Waals surface area contributed by atoms with Gasteiger partial charge >= 0.3 is 0 Å². The highest BCUT2D eigenvalue weighted by atomic mass is 16.3. The summed E-state index contributed by atoms with van der Waals surface area (Å²) in [4.78, 5) is 31.8. The zero-order chi connectivity index (χ0) is 22.4. The van der Waals surface area contributed by atoms with E-state index in [1.165, 1.54) is 38.6 Å². The van der Waals surface area contributed by atoms with Crippen LogP contribution in [-0.4, -0.2) is 76.0 Å². The number of hydrogen-bond donors (Lipinski definition) is 4. The van der Waals surface area contributed by atoms with Gasteiger partial charge in [0.1, 0.15) is 11.4 Å². The molecule has 4 N–H and O–H groups in total. The molecule has 2 heterocycles. The summed E-state index contributed by atoms with van der Waals surface area (Å²) in [6, 6.07) is 1.93. The standard InChI is InChI=1S/C18H31N5O.2CH2O2/c1-19-17(24)18(20-16-8-11-22(2)21-16)9-12-23(13-10-18)14-15-6-4-3-5-7-15;2*2-1-3/h8,11,15H,3-7,9-10,12-14H2,1-2H3,(H,19,24)(H,20,21);2*1H,(H,2,3). The lowest BCUT2D eigenvalue weighted by atomic mass is 9.84. The Bertz CT molecular complexity index is 631. The van der Waals surface area contributed by atoms with E-state index < -0.39 is 5.54 Å². The normalized spacial score (nSPS) is 18.6. The van der Waals surface area contributed by atoms with Crippen molar-refractivity contribution in [2.24, 2.45) is 13.0 Å². The number of aromatic nitrogens is 2. The largest absolute Gasteiger partial charge is 0.483 e.